The van der Waals surface area contributed by atoms with Gasteiger partial charge in [0.2, 0.25) is 0 Å². The third-order valence-electron chi connectivity index (χ3n) is 3.59. The molecule has 0 bridgehead atoms. The van der Waals surface area contributed by atoms with E-state index in [1.54, 1.807) is 0 Å². The summed E-state index contributed by atoms with van der Waals surface area (Å²) in [6.07, 6.45) is 0.881. The second kappa shape index (κ2) is 5.47. The lowest BCUT2D eigenvalue weighted by Gasteiger charge is -2.19. The van der Waals surface area contributed by atoms with E-state index < -0.39 is 0 Å². The highest BCUT2D eigenvalue weighted by atomic mass is 15.5. The Hall–Kier alpha value is -2.13. The van der Waals surface area contributed by atoms with Crippen molar-refractivity contribution in [2.75, 3.05) is 0 Å². The summed E-state index contributed by atoms with van der Waals surface area (Å²) in [4.78, 5) is 0. The highest BCUT2D eigenvalue weighted by Gasteiger charge is 2.20. The summed E-state index contributed by atoms with van der Waals surface area (Å²) in [7, 11) is 0. The highest BCUT2D eigenvalue weighted by Crippen LogP contribution is 2.21. The van der Waals surface area contributed by atoms with Crippen LogP contribution in [0.2, 0.25) is 0 Å². The number of nitrogens with zero attached hydrogens (tertiary/aromatic N) is 2. The van der Waals surface area contributed by atoms with Gasteiger partial charge in [0.1, 0.15) is 0 Å². The molecule has 0 aliphatic carbocycles. The van der Waals surface area contributed by atoms with Gasteiger partial charge < -0.3 is 5.73 Å². The molecule has 0 saturated heterocycles. The minimum absolute atomic E-state index is 0.0174. The summed E-state index contributed by atoms with van der Waals surface area (Å²) in [5, 5.41) is 6.44. The Morgan fingerprint density at radius 2 is 1.70 bits per heavy atom. The Morgan fingerprint density at radius 3 is 2.30 bits per heavy atom. The van der Waals surface area contributed by atoms with E-state index in [0.717, 1.165) is 18.7 Å². The molecule has 0 saturated carbocycles. The third kappa shape index (κ3) is 2.73. The van der Waals surface area contributed by atoms with Gasteiger partial charge >= 0.3 is 0 Å². The SMILES string of the molecule is CC1=NN(Cc2ccc(-c3ccccc3)cc2)C(N)C1. The fourth-order valence-electron chi connectivity index (χ4n) is 2.52. The van der Waals surface area contributed by atoms with Gasteiger partial charge in [-0.15, -0.1) is 0 Å². The molecule has 20 heavy (non-hydrogen) atoms. The molecule has 1 heterocycles. The van der Waals surface area contributed by atoms with Crippen LogP contribution in [0.3, 0.4) is 0 Å². The molecule has 1 unspecified atom stereocenters. The molecule has 3 nitrogen and oxygen atoms in total. The van der Waals surface area contributed by atoms with E-state index in [4.69, 9.17) is 5.73 Å². The lowest BCUT2D eigenvalue weighted by atomic mass is 10.0. The Balaban J connectivity index is 1.74. The largest absolute Gasteiger partial charge is 0.310 e. The topological polar surface area (TPSA) is 41.6 Å². The van der Waals surface area contributed by atoms with Crippen LogP contribution in [0, 0.1) is 0 Å². The molecule has 1 aliphatic heterocycles. The Morgan fingerprint density at radius 1 is 1.05 bits per heavy atom. The molecule has 2 aromatic carbocycles. The molecule has 2 aromatic rings. The van der Waals surface area contributed by atoms with Gasteiger partial charge in [-0.25, -0.2) is 0 Å². The first-order valence-corrected chi connectivity index (χ1v) is 6.93. The molecule has 0 amide bonds. The fourth-order valence-corrected chi connectivity index (χ4v) is 2.52. The number of hydrogen-bond donors (Lipinski definition) is 1. The van der Waals surface area contributed by atoms with E-state index in [1.807, 2.05) is 18.0 Å². The van der Waals surface area contributed by atoms with Crippen molar-refractivity contribution in [2.45, 2.75) is 26.1 Å². The van der Waals surface area contributed by atoms with Crippen molar-refractivity contribution in [3.8, 4) is 11.1 Å². The minimum Gasteiger partial charge on any atom is -0.310 e. The predicted molar refractivity (Wildman–Crippen MR) is 83.1 cm³/mol. The maximum Gasteiger partial charge on any atom is 0.0996 e. The van der Waals surface area contributed by atoms with E-state index in [0.29, 0.717) is 0 Å². The van der Waals surface area contributed by atoms with Gasteiger partial charge in [-0.3, -0.25) is 5.01 Å². The summed E-state index contributed by atoms with van der Waals surface area (Å²) < 4.78 is 0. The second-order valence-electron chi connectivity index (χ2n) is 5.27. The van der Waals surface area contributed by atoms with Crippen molar-refractivity contribution in [1.29, 1.82) is 0 Å². The van der Waals surface area contributed by atoms with E-state index in [2.05, 4.69) is 53.6 Å². The average molecular weight is 265 g/mol. The maximum absolute atomic E-state index is 6.05. The lowest BCUT2D eigenvalue weighted by Crippen LogP contribution is -2.34. The summed E-state index contributed by atoms with van der Waals surface area (Å²) in [6.45, 7) is 2.80. The van der Waals surface area contributed by atoms with Gasteiger partial charge in [-0.1, -0.05) is 54.6 Å². The van der Waals surface area contributed by atoms with E-state index in [1.165, 1.54) is 16.7 Å². The minimum atomic E-state index is 0.0174. The Kier molecular flexibility index (Phi) is 3.52. The molecule has 0 spiro atoms. The van der Waals surface area contributed by atoms with E-state index >= 15 is 0 Å². The standard InChI is InChI=1S/C17H19N3/c1-13-11-17(18)20(19-13)12-14-7-9-16(10-8-14)15-5-3-2-4-6-15/h2-10,17H,11-12,18H2,1H3. The van der Waals surface area contributed by atoms with E-state index in [-0.39, 0.29) is 6.17 Å². The molecule has 0 radical (unpaired) electrons. The van der Waals surface area contributed by atoms with Gasteiger partial charge in [0.15, 0.2) is 0 Å². The van der Waals surface area contributed by atoms with Gasteiger partial charge in [0.05, 0.1) is 12.7 Å². The normalized spacial score (nSPS) is 18.2. The fraction of sp³-hybridized carbons (Fsp3) is 0.235. The maximum atomic E-state index is 6.05. The van der Waals surface area contributed by atoms with Gasteiger partial charge in [0.25, 0.3) is 0 Å². The highest BCUT2D eigenvalue weighted by molar-refractivity contribution is 5.83. The van der Waals surface area contributed by atoms with Gasteiger partial charge in [-0.05, 0) is 23.6 Å². The molecule has 1 aliphatic rings. The van der Waals surface area contributed by atoms with Crippen molar-refractivity contribution in [3.05, 3.63) is 60.2 Å². The van der Waals surface area contributed by atoms with Gasteiger partial charge in [0, 0.05) is 12.1 Å². The van der Waals surface area contributed by atoms with Crippen LogP contribution in [0.4, 0.5) is 0 Å². The average Bonchev–Trinajstić information content (AvgIpc) is 2.79. The number of hydrogen-bond acceptors (Lipinski definition) is 3. The third-order valence-corrected chi connectivity index (χ3v) is 3.59. The van der Waals surface area contributed by atoms with Crippen molar-refractivity contribution < 1.29 is 0 Å². The van der Waals surface area contributed by atoms with Crippen LogP contribution in [0.15, 0.2) is 59.7 Å². The van der Waals surface area contributed by atoms with Crippen LogP contribution in [-0.4, -0.2) is 16.9 Å². The van der Waals surface area contributed by atoms with Crippen LogP contribution in [0.5, 0.6) is 0 Å². The van der Waals surface area contributed by atoms with Crippen molar-refractivity contribution in [1.82, 2.24) is 5.01 Å². The Bertz CT molecular complexity index is 602. The zero-order valence-electron chi connectivity index (χ0n) is 11.7. The first-order valence-electron chi connectivity index (χ1n) is 6.93. The quantitative estimate of drug-likeness (QED) is 0.925. The van der Waals surface area contributed by atoms with Crippen molar-refractivity contribution in [2.24, 2.45) is 10.8 Å². The van der Waals surface area contributed by atoms with Crippen LogP contribution < -0.4 is 5.73 Å². The van der Waals surface area contributed by atoms with Crippen LogP contribution in [0.1, 0.15) is 18.9 Å². The van der Waals surface area contributed by atoms with Gasteiger partial charge in [-0.2, -0.15) is 5.10 Å². The first kappa shape index (κ1) is 12.9. The van der Waals surface area contributed by atoms with Crippen LogP contribution in [0.25, 0.3) is 11.1 Å². The smallest absolute Gasteiger partial charge is 0.0996 e. The molecule has 1 atom stereocenters. The molecule has 102 valence electrons. The Labute approximate surface area is 119 Å². The summed E-state index contributed by atoms with van der Waals surface area (Å²) in [5.74, 6) is 0. The number of rotatable bonds is 3. The molecular formula is C17H19N3. The lowest BCUT2D eigenvalue weighted by molar-refractivity contribution is 0.227. The summed E-state index contributed by atoms with van der Waals surface area (Å²) in [6, 6.07) is 19.0. The summed E-state index contributed by atoms with van der Waals surface area (Å²) in [5.41, 5.74) is 10.9. The second-order valence-corrected chi connectivity index (χ2v) is 5.27. The van der Waals surface area contributed by atoms with Crippen LogP contribution >= 0.6 is 0 Å². The summed E-state index contributed by atoms with van der Waals surface area (Å²) >= 11 is 0. The number of benzene rings is 2. The van der Waals surface area contributed by atoms with Crippen molar-refractivity contribution >= 4 is 5.71 Å². The van der Waals surface area contributed by atoms with E-state index in [9.17, 15) is 0 Å². The number of nitrogens with two attached hydrogens (primary N) is 1. The molecule has 0 aromatic heterocycles. The monoisotopic (exact) mass is 265 g/mol. The molecule has 2 N–H and O–H groups in total. The number of hydrazone groups is 1. The zero-order chi connectivity index (χ0) is 13.9. The predicted octanol–water partition coefficient (Wildman–Crippen LogP) is 3.22. The first-order chi connectivity index (χ1) is 9.72. The molecule has 3 rings (SSSR count). The van der Waals surface area contributed by atoms with Crippen LogP contribution in [-0.2, 0) is 6.54 Å². The molecule has 3 heteroatoms. The zero-order valence-corrected chi connectivity index (χ0v) is 11.7. The van der Waals surface area contributed by atoms with Crippen molar-refractivity contribution in [3.63, 3.8) is 0 Å². The molecule has 0 fully saturated rings. The molecular weight excluding hydrogens is 246 g/mol.